The largest absolute Gasteiger partial charge is 0.389 e. The van der Waals surface area contributed by atoms with Crippen LogP contribution in [0.5, 0.6) is 0 Å². The van der Waals surface area contributed by atoms with Crippen LogP contribution in [0, 0.1) is 5.92 Å². The molecule has 13 heavy (non-hydrogen) atoms. The van der Waals surface area contributed by atoms with Crippen molar-refractivity contribution in [2.24, 2.45) is 5.92 Å². The van der Waals surface area contributed by atoms with Gasteiger partial charge in [-0.25, -0.2) is 0 Å². The van der Waals surface area contributed by atoms with Crippen molar-refractivity contribution in [1.29, 1.82) is 0 Å². The normalized spacial score (nSPS) is 34.2. The van der Waals surface area contributed by atoms with Gasteiger partial charge in [0.15, 0.2) is 0 Å². The van der Waals surface area contributed by atoms with Crippen LogP contribution in [0.4, 0.5) is 0 Å². The van der Waals surface area contributed by atoms with Crippen molar-refractivity contribution < 1.29 is 14.7 Å². The standard InChI is InChI=1S/C10H16O3/c1-8(12)9-2-4-10(13,5-3-9)6-7-11/h7,9,13H,2-6H2,1H3. The summed E-state index contributed by atoms with van der Waals surface area (Å²) in [5.41, 5.74) is -0.826. The summed E-state index contributed by atoms with van der Waals surface area (Å²) in [7, 11) is 0. The van der Waals surface area contributed by atoms with Crippen LogP contribution in [0.2, 0.25) is 0 Å². The number of carbonyl (C=O) groups is 2. The Hall–Kier alpha value is -0.700. The van der Waals surface area contributed by atoms with Gasteiger partial charge in [-0.1, -0.05) is 0 Å². The number of aldehydes is 1. The molecule has 3 heteroatoms. The Morgan fingerprint density at radius 3 is 2.46 bits per heavy atom. The second-order valence-electron chi connectivity index (χ2n) is 3.98. The summed E-state index contributed by atoms with van der Waals surface area (Å²) in [5.74, 6) is 0.306. The van der Waals surface area contributed by atoms with Crippen molar-refractivity contribution in [2.45, 2.75) is 44.6 Å². The SMILES string of the molecule is CC(=O)C1CCC(O)(CC=O)CC1. The lowest BCUT2D eigenvalue weighted by Gasteiger charge is -2.33. The molecule has 0 aromatic heterocycles. The molecule has 0 aliphatic heterocycles. The fourth-order valence-electron chi connectivity index (χ4n) is 1.92. The quantitative estimate of drug-likeness (QED) is 0.668. The number of aliphatic hydroxyl groups is 1. The maximum atomic E-state index is 11.0. The molecule has 0 amide bonds. The summed E-state index contributed by atoms with van der Waals surface area (Å²) >= 11 is 0. The van der Waals surface area contributed by atoms with Crippen LogP contribution in [-0.2, 0) is 9.59 Å². The van der Waals surface area contributed by atoms with Gasteiger partial charge in [0, 0.05) is 12.3 Å². The number of ketones is 1. The summed E-state index contributed by atoms with van der Waals surface area (Å²) in [6, 6.07) is 0. The van der Waals surface area contributed by atoms with Gasteiger partial charge in [0.2, 0.25) is 0 Å². The molecular formula is C10H16O3. The van der Waals surface area contributed by atoms with Crippen LogP contribution in [0.25, 0.3) is 0 Å². The Kier molecular flexibility index (Phi) is 3.20. The lowest BCUT2D eigenvalue weighted by atomic mass is 9.76. The minimum absolute atomic E-state index is 0.104. The van der Waals surface area contributed by atoms with Crippen molar-refractivity contribution in [3.63, 3.8) is 0 Å². The van der Waals surface area contributed by atoms with Gasteiger partial charge < -0.3 is 9.90 Å². The van der Waals surface area contributed by atoms with E-state index >= 15 is 0 Å². The third kappa shape index (κ3) is 2.62. The number of hydrogen-bond donors (Lipinski definition) is 1. The first kappa shape index (κ1) is 10.4. The highest BCUT2D eigenvalue weighted by atomic mass is 16.3. The minimum atomic E-state index is -0.826. The first-order valence-corrected chi connectivity index (χ1v) is 4.74. The highest BCUT2D eigenvalue weighted by molar-refractivity contribution is 5.78. The molecule has 0 bridgehead atoms. The molecule has 0 radical (unpaired) electrons. The molecule has 0 unspecified atom stereocenters. The second kappa shape index (κ2) is 4.01. The van der Waals surface area contributed by atoms with Gasteiger partial charge in [0.25, 0.3) is 0 Å². The number of hydrogen-bond acceptors (Lipinski definition) is 3. The van der Waals surface area contributed by atoms with E-state index in [4.69, 9.17) is 0 Å². The summed E-state index contributed by atoms with van der Waals surface area (Å²) in [6.45, 7) is 1.59. The molecular weight excluding hydrogens is 168 g/mol. The molecule has 0 spiro atoms. The molecule has 1 rings (SSSR count). The third-order valence-electron chi connectivity index (χ3n) is 2.95. The minimum Gasteiger partial charge on any atom is -0.389 e. The van der Waals surface area contributed by atoms with Crippen LogP contribution in [0.3, 0.4) is 0 Å². The van der Waals surface area contributed by atoms with Gasteiger partial charge in [0.05, 0.1) is 5.60 Å². The maximum absolute atomic E-state index is 11.0. The molecule has 1 fully saturated rings. The molecule has 0 heterocycles. The van der Waals surface area contributed by atoms with E-state index < -0.39 is 5.60 Å². The molecule has 1 N–H and O–H groups in total. The van der Waals surface area contributed by atoms with Gasteiger partial charge in [-0.05, 0) is 32.6 Å². The van der Waals surface area contributed by atoms with Crippen LogP contribution in [-0.4, -0.2) is 22.8 Å². The number of carbonyl (C=O) groups excluding carboxylic acids is 2. The van der Waals surface area contributed by atoms with E-state index in [-0.39, 0.29) is 18.1 Å². The Labute approximate surface area is 78.1 Å². The highest BCUT2D eigenvalue weighted by Gasteiger charge is 2.33. The zero-order valence-electron chi connectivity index (χ0n) is 7.95. The molecule has 0 aromatic carbocycles. The number of Topliss-reactive ketones (excluding diaryl/α,β-unsaturated/α-hetero) is 1. The van der Waals surface area contributed by atoms with Gasteiger partial charge >= 0.3 is 0 Å². The summed E-state index contributed by atoms with van der Waals surface area (Å²) in [6.07, 6.45) is 3.57. The second-order valence-corrected chi connectivity index (χ2v) is 3.98. The van der Waals surface area contributed by atoms with E-state index in [1.54, 1.807) is 6.92 Å². The van der Waals surface area contributed by atoms with Crippen molar-refractivity contribution in [2.75, 3.05) is 0 Å². The predicted molar refractivity (Wildman–Crippen MR) is 48.3 cm³/mol. The summed E-state index contributed by atoms with van der Waals surface area (Å²) in [5, 5.41) is 9.83. The van der Waals surface area contributed by atoms with Crippen LogP contribution < -0.4 is 0 Å². The first-order chi connectivity index (χ1) is 6.07. The predicted octanol–water partition coefficient (Wildman–Crippen LogP) is 1.09. The fourth-order valence-corrected chi connectivity index (χ4v) is 1.92. The van der Waals surface area contributed by atoms with Crippen molar-refractivity contribution >= 4 is 12.1 Å². The Morgan fingerprint density at radius 2 is 2.08 bits per heavy atom. The van der Waals surface area contributed by atoms with Gasteiger partial charge in [-0.2, -0.15) is 0 Å². The average Bonchev–Trinajstić information content (AvgIpc) is 2.05. The van der Waals surface area contributed by atoms with Crippen LogP contribution in [0.1, 0.15) is 39.0 Å². The Balaban J connectivity index is 2.46. The molecule has 3 nitrogen and oxygen atoms in total. The van der Waals surface area contributed by atoms with Gasteiger partial charge in [0.1, 0.15) is 12.1 Å². The first-order valence-electron chi connectivity index (χ1n) is 4.74. The molecule has 0 saturated heterocycles. The summed E-state index contributed by atoms with van der Waals surface area (Å²) in [4.78, 5) is 21.3. The van der Waals surface area contributed by atoms with E-state index in [9.17, 15) is 14.7 Å². The van der Waals surface area contributed by atoms with Gasteiger partial charge in [-0.15, -0.1) is 0 Å². The zero-order chi connectivity index (χ0) is 9.90. The zero-order valence-corrected chi connectivity index (χ0v) is 7.95. The molecule has 0 aromatic rings. The topological polar surface area (TPSA) is 54.4 Å². The van der Waals surface area contributed by atoms with E-state index in [2.05, 4.69) is 0 Å². The highest BCUT2D eigenvalue weighted by Crippen LogP contribution is 2.34. The average molecular weight is 184 g/mol. The van der Waals surface area contributed by atoms with E-state index in [0.717, 1.165) is 19.1 Å². The van der Waals surface area contributed by atoms with E-state index in [1.807, 2.05) is 0 Å². The lowest BCUT2D eigenvalue weighted by molar-refractivity contribution is -0.124. The van der Waals surface area contributed by atoms with Crippen molar-refractivity contribution in [3.8, 4) is 0 Å². The van der Waals surface area contributed by atoms with Gasteiger partial charge in [-0.3, -0.25) is 4.79 Å². The Morgan fingerprint density at radius 1 is 1.54 bits per heavy atom. The van der Waals surface area contributed by atoms with E-state index in [0.29, 0.717) is 12.8 Å². The van der Waals surface area contributed by atoms with Crippen molar-refractivity contribution in [1.82, 2.24) is 0 Å². The smallest absolute Gasteiger partial charge is 0.132 e. The molecule has 74 valence electrons. The maximum Gasteiger partial charge on any atom is 0.132 e. The third-order valence-corrected chi connectivity index (χ3v) is 2.95. The van der Waals surface area contributed by atoms with Crippen molar-refractivity contribution in [3.05, 3.63) is 0 Å². The molecule has 1 saturated carbocycles. The number of rotatable bonds is 3. The monoisotopic (exact) mass is 184 g/mol. The Bertz CT molecular complexity index is 202. The molecule has 0 atom stereocenters. The lowest BCUT2D eigenvalue weighted by Crippen LogP contribution is -2.35. The van der Waals surface area contributed by atoms with Crippen LogP contribution in [0.15, 0.2) is 0 Å². The summed E-state index contributed by atoms with van der Waals surface area (Å²) < 4.78 is 0. The van der Waals surface area contributed by atoms with Crippen LogP contribution >= 0.6 is 0 Å². The molecule has 1 aliphatic carbocycles. The van der Waals surface area contributed by atoms with E-state index in [1.165, 1.54) is 0 Å². The molecule has 1 aliphatic rings. The fraction of sp³-hybridized carbons (Fsp3) is 0.800.